The lowest BCUT2D eigenvalue weighted by atomic mass is 9.95. The van der Waals surface area contributed by atoms with E-state index in [1.807, 2.05) is 50.2 Å². The van der Waals surface area contributed by atoms with Crippen LogP contribution in [0.25, 0.3) is 10.8 Å². The van der Waals surface area contributed by atoms with Crippen LogP contribution in [0.3, 0.4) is 0 Å². The zero-order chi connectivity index (χ0) is 30.7. The van der Waals surface area contributed by atoms with Crippen molar-refractivity contribution < 1.29 is 19.2 Å². The first-order chi connectivity index (χ1) is 20.7. The molecule has 8 nitrogen and oxygen atoms in total. The fourth-order valence-electron chi connectivity index (χ4n) is 6.07. The van der Waals surface area contributed by atoms with Crippen molar-refractivity contribution >= 4 is 57.4 Å². The van der Waals surface area contributed by atoms with Crippen molar-refractivity contribution in [1.29, 1.82) is 0 Å². The van der Waals surface area contributed by atoms with Gasteiger partial charge in [0.25, 0.3) is 0 Å². The molecule has 2 aliphatic rings. The second-order valence-electron chi connectivity index (χ2n) is 11.5. The van der Waals surface area contributed by atoms with Crippen molar-refractivity contribution in [2.45, 2.75) is 77.3 Å². The van der Waals surface area contributed by atoms with Gasteiger partial charge >= 0.3 is 0 Å². The Labute approximate surface area is 257 Å². The molecule has 1 aliphatic carbocycles. The average Bonchev–Trinajstić information content (AvgIpc) is 3.83. The van der Waals surface area contributed by atoms with Crippen LogP contribution < -0.4 is 15.5 Å². The molecule has 1 heterocycles. The Bertz CT molecular complexity index is 1540. The van der Waals surface area contributed by atoms with Crippen molar-refractivity contribution in [1.82, 2.24) is 10.2 Å². The predicted molar refractivity (Wildman–Crippen MR) is 170 cm³/mol. The number of hydrogen-bond donors (Lipinski definition) is 2. The molecule has 5 rings (SSSR count). The van der Waals surface area contributed by atoms with E-state index >= 15 is 0 Å². The summed E-state index contributed by atoms with van der Waals surface area (Å²) in [7, 11) is 0. The van der Waals surface area contributed by atoms with Gasteiger partial charge in [0.15, 0.2) is 0 Å². The lowest BCUT2D eigenvalue weighted by Crippen LogP contribution is -2.62. The molecule has 0 spiro atoms. The molecule has 1 saturated carbocycles. The Morgan fingerprint density at radius 2 is 1.74 bits per heavy atom. The molecule has 2 unspecified atom stereocenters. The number of amides is 4. The summed E-state index contributed by atoms with van der Waals surface area (Å²) in [5, 5.41) is 8.64. The minimum absolute atomic E-state index is 0.106. The predicted octanol–water partition coefficient (Wildman–Crippen LogP) is 5.81. The quantitative estimate of drug-likeness (QED) is 0.306. The number of nitrogens with one attached hydrogen (secondary N) is 2. The lowest BCUT2D eigenvalue weighted by Gasteiger charge is -2.42. The Morgan fingerprint density at radius 3 is 2.40 bits per heavy atom. The summed E-state index contributed by atoms with van der Waals surface area (Å²) in [4.78, 5) is 56.6. The van der Waals surface area contributed by atoms with Crippen LogP contribution in [0.2, 0.25) is 5.02 Å². The molecule has 0 radical (unpaired) electrons. The maximum Gasteiger partial charge on any atom is 0.249 e. The van der Waals surface area contributed by atoms with E-state index in [9.17, 15) is 19.2 Å². The number of halogens is 1. The molecule has 2 atom stereocenters. The molecule has 3 aromatic carbocycles. The number of carbonyl (C=O) groups is 4. The van der Waals surface area contributed by atoms with Gasteiger partial charge in [0.1, 0.15) is 12.1 Å². The van der Waals surface area contributed by atoms with Crippen molar-refractivity contribution in [2.24, 2.45) is 0 Å². The molecule has 0 bridgehead atoms. The summed E-state index contributed by atoms with van der Waals surface area (Å²) in [6, 6.07) is 15.7. The Kier molecular flexibility index (Phi) is 9.35. The third-order valence-electron chi connectivity index (χ3n) is 8.30. The zero-order valence-corrected chi connectivity index (χ0v) is 25.7. The van der Waals surface area contributed by atoms with E-state index in [-0.39, 0.29) is 36.6 Å². The van der Waals surface area contributed by atoms with Crippen LogP contribution in [-0.2, 0) is 25.6 Å². The Balaban J connectivity index is 1.50. The number of hydrogen-bond acceptors (Lipinski definition) is 4. The van der Waals surface area contributed by atoms with E-state index < -0.39 is 12.1 Å². The molecule has 0 aromatic heterocycles. The summed E-state index contributed by atoms with van der Waals surface area (Å²) < 4.78 is 0. The highest BCUT2D eigenvalue weighted by molar-refractivity contribution is 6.30. The number of anilines is 2. The van der Waals surface area contributed by atoms with Gasteiger partial charge < -0.3 is 20.4 Å². The van der Waals surface area contributed by atoms with Crippen LogP contribution in [-0.4, -0.2) is 53.7 Å². The smallest absolute Gasteiger partial charge is 0.249 e. The van der Waals surface area contributed by atoms with Crippen LogP contribution >= 0.6 is 11.6 Å². The van der Waals surface area contributed by atoms with Crippen LogP contribution in [0.1, 0.15) is 69.9 Å². The first kappa shape index (κ1) is 30.5. The van der Waals surface area contributed by atoms with Gasteiger partial charge in [-0.1, -0.05) is 68.3 Å². The molecule has 2 fully saturated rings. The molecule has 9 heteroatoms. The fraction of sp³-hybridized carbons (Fsp3) is 0.412. The van der Waals surface area contributed by atoms with E-state index in [0.717, 1.165) is 34.7 Å². The third kappa shape index (κ3) is 6.69. The maximum absolute atomic E-state index is 14.3. The van der Waals surface area contributed by atoms with Gasteiger partial charge in [-0.05, 0) is 65.3 Å². The SMILES string of the molecule is CCCC1C(=O)N(c2cc3ccccc3c(C3CC3)c2NC(=O)CC)CCN1C(=O)C(Cc1ccc(Cl)cc1)NC(C)=O. The van der Waals surface area contributed by atoms with Gasteiger partial charge in [-0.2, -0.15) is 0 Å². The lowest BCUT2D eigenvalue weighted by molar-refractivity contribution is -0.144. The monoisotopic (exact) mass is 602 g/mol. The van der Waals surface area contributed by atoms with Crippen molar-refractivity contribution in [3.8, 4) is 0 Å². The molecule has 226 valence electrons. The van der Waals surface area contributed by atoms with Gasteiger partial charge in [0.2, 0.25) is 23.6 Å². The summed E-state index contributed by atoms with van der Waals surface area (Å²) in [6.45, 7) is 5.77. The van der Waals surface area contributed by atoms with E-state index in [0.29, 0.717) is 48.1 Å². The third-order valence-corrected chi connectivity index (χ3v) is 8.55. The molecule has 43 heavy (non-hydrogen) atoms. The largest absolute Gasteiger partial charge is 0.344 e. The summed E-state index contributed by atoms with van der Waals surface area (Å²) >= 11 is 6.05. The van der Waals surface area contributed by atoms with Gasteiger partial charge in [-0.3, -0.25) is 19.2 Å². The number of fused-ring (bicyclic) bond motifs is 1. The van der Waals surface area contributed by atoms with Gasteiger partial charge in [0, 0.05) is 37.9 Å². The number of benzene rings is 3. The Morgan fingerprint density at radius 1 is 1.02 bits per heavy atom. The highest BCUT2D eigenvalue weighted by Crippen LogP contribution is 2.50. The summed E-state index contributed by atoms with van der Waals surface area (Å²) in [6.07, 6.45) is 3.86. The summed E-state index contributed by atoms with van der Waals surface area (Å²) in [5.41, 5.74) is 3.32. The first-order valence-electron chi connectivity index (χ1n) is 15.2. The van der Waals surface area contributed by atoms with Crippen molar-refractivity contribution in [2.75, 3.05) is 23.3 Å². The zero-order valence-electron chi connectivity index (χ0n) is 25.0. The second-order valence-corrected chi connectivity index (χ2v) is 11.9. The van der Waals surface area contributed by atoms with E-state index in [2.05, 4.69) is 16.7 Å². The standard InChI is InChI=1S/C34H39ClN4O4/c1-4-8-28-34(43)39(18-17-38(28)33(42)27(36-21(3)40)19-22-11-15-25(35)16-12-22)29-20-24-9-6-7-10-26(24)31(23-13-14-23)32(29)37-30(41)5-2/h6-7,9-12,15-16,20,23,27-28H,4-5,8,13-14,17-19H2,1-3H3,(H,36,40)(H,37,41). The normalized spacial score (nSPS) is 17.6. The topological polar surface area (TPSA) is 98.8 Å². The van der Waals surface area contributed by atoms with E-state index in [4.69, 9.17) is 11.6 Å². The minimum atomic E-state index is -0.820. The van der Waals surface area contributed by atoms with Crippen LogP contribution in [0.15, 0.2) is 54.6 Å². The number of carbonyl (C=O) groups excluding carboxylic acids is 4. The maximum atomic E-state index is 14.3. The first-order valence-corrected chi connectivity index (χ1v) is 15.6. The number of nitrogens with zero attached hydrogens (tertiary/aromatic N) is 2. The minimum Gasteiger partial charge on any atom is -0.344 e. The molecular weight excluding hydrogens is 564 g/mol. The van der Waals surface area contributed by atoms with Crippen molar-refractivity contribution in [3.05, 3.63) is 70.7 Å². The highest BCUT2D eigenvalue weighted by Gasteiger charge is 2.41. The van der Waals surface area contributed by atoms with Crippen LogP contribution in [0.5, 0.6) is 0 Å². The fourth-order valence-corrected chi connectivity index (χ4v) is 6.20. The van der Waals surface area contributed by atoms with Crippen LogP contribution in [0, 0.1) is 0 Å². The molecule has 4 amide bonds. The highest BCUT2D eigenvalue weighted by atomic mass is 35.5. The number of piperazine rings is 1. The van der Waals surface area contributed by atoms with Gasteiger partial charge in [-0.15, -0.1) is 0 Å². The molecule has 1 aliphatic heterocycles. The molecular formula is C34H39ClN4O4. The molecule has 3 aromatic rings. The van der Waals surface area contributed by atoms with E-state index in [1.165, 1.54) is 6.92 Å². The van der Waals surface area contributed by atoms with Gasteiger partial charge in [0.05, 0.1) is 11.4 Å². The average molecular weight is 603 g/mol. The van der Waals surface area contributed by atoms with E-state index in [1.54, 1.807) is 21.9 Å². The van der Waals surface area contributed by atoms with Crippen molar-refractivity contribution in [3.63, 3.8) is 0 Å². The number of rotatable bonds is 10. The summed E-state index contributed by atoms with van der Waals surface area (Å²) in [5.74, 6) is -0.561. The van der Waals surface area contributed by atoms with Crippen LogP contribution in [0.4, 0.5) is 11.4 Å². The second kappa shape index (κ2) is 13.2. The molecule has 2 N–H and O–H groups in total. The Hall–Kier alpha value is -3.91. The molecule has 1 saturated heterocycles. The van der Waals surface area contributed by atoms with Gasteiger partial charge in [-0.25, -0.2) is 0 Å².